The summed E-state index contributed by atoms with van der Waals surface area (Å²) in [4.78, 5) is 15.7. The number of benzene rings is 1. The third-order valence-corrected chi connectivity index (χ3v) is 2.95. The zero-order valence-electron chi connectivity index (χ0n) is 9.45. The second kappa shape index (κ2) is 6.23. The molecule has 0 unspecified atom stereocenters. The predicted molar refractivity (Wildman–Crippen MR) is 81.0 cm³/mol. The molecule has 2 rings (SSSR count). The van der Waals surface area contributed by atoms with E-state index in [9.17, 15) is 4.79 Å². The van der Waals surface area contributed by atoms with E-state index in [1.165, 1.54) is 6.20 Å². The topological polar surface area (TPSA) is 54.0 Å². The average Bonchev–Trinajstić information content (AvgIpc) is 2.26. The molecular formula is C12H8BrCl2N3O. The van der Waals surface area contributed by atoms with E-state index in [1.54, 1.807) is 30.5 Å². The van der Waals surface area contributed by atoms with Crippen molar-refractivity contribution in [2.75, 3.05) is 10.6 Å². The molecular weight excluding hydrogens is 353 g/mol. The van der Waals surface area contributed by atoms with Crippen LogP contribution >= 0.6 is 39.1 Å². The molecule has 2 N–H and O–H groups in total. The number of nitrogens with one attached hydrogen (secondary N) is 2. The molecule has 7 heteroatoms. The van der Waals surface area contributed by atoms with Gasteiger partial charge in [0.05, 0.1) is 11.9 Å². The summed E-state index contributed by atoms with van der Waals surface area (Å²) in [6.07, 6.45) is 3.16. The van der Waals surface area contributed by atoms with Gasteiger partial charge in [0, 0.05) is 26.4 Å². The van der Waals surface area contributed by atoms with Crippen molar-refractivity contribution >= 4 is 56.5 Å². The SMILES string of the molecule is O=C(Nc1cc(Cl)cc(Cl)c1)Nc1cncc(Br)c1. The number of urea groups is 1. The molecule has 0 aliphatic rings. The van der Waals surface area contributed by atoms with Gasteiger partial charge in [-0.1, -0.05) is 23.2 Å². The summed E-state index contributed by atoms with van der Waals surface area (Å²) in [5.74, 6) is 0. The summed E-state index contributed by atoms with van der Waals surface area (Å²) in [7, 11) is 0. The minimum atomic E-state index is -0.404. The van der Waals surface area contributed by atoms with Crippen LogP contribution in [0.2, 0.25) is 10.0 Å². The molecule has 0 radical (unpaired) electrons. The molecule has 2 amide bonds. The van der Waals surface area contributed by atoms with Crippen molar-refractivity contribution in [3.63, 3.8) is 0 Å². The highest BCUT2D eigenvalue weighted by atomic mass is 79.9. The highest BCUT2D eigenvalue weighted by molar-refractivity contribution is 9.10. The zero-order valence-corrected chi connectivity index (χ0v) is 12.6. The van der Waals surface area contributed by atoms with Crippen molar-refractivity contribution in [1.29, 1.82) is 0 Å². The van der Waals surface area contributed by atoms with Crippen LogP contribution in [0.25, 0.3) is 0 Å². The lowest BCUT2D eigenvalue weighted by Gasteiger charge is -2.08. The molecule has 1 aromatic carbocycles. The zero-order chi connectivity index (χ0) is 13.8. The van der Waals surface area contributed by atoms with Gasteiger partial charge >= 0.3 is 6.03 Å². The van der Waals surface area contributed by atoms with Gasteiger partial charge in [0.1, 0.15) is 0 Å². The Bertz CT molecular complexity index is 601. The number of pyridine rings is 1. The van der Waals surface area contributed by atoms with Crippen LogP contribution < -0.4 is 10.6 Å². The van der Waals surface area contributed by atoms with E-state index in [-0.39, 0.29) is 0 Å². The molecule has 0 aliphatic carbocycles. The Balaban J connectivity index is 2.05. The van der Waals surface area contributed by atoms with Gasteiger partial charge in [-0.05, 0) is 40.2 Å². The normalized spacial score (nSPS) is 10.1. The Kier molecular flexibility index (Phi) is 4.63. The second-order valence-electron chi connectivity index (χ2n) is 3.63. The number of amides is 2. The second-order valence-corrected chi connectivity index (χ2v) is 5.42. The number of nitrogens with zero attached hydrogens (tertiary/aromatic N) is 1. The van der Waals surface area contributed by atoms with Crippen LogP contribution in [0.1, 0.15) is 0 Å². The molecule has 0 aliphatic heterocycles. The van der Waals surface area contributed by atoms with Crippen molar-refractivity contribution in [1.82, 2.24) is 4.98 Å². The van der Waals surface area contributed by atoms with Gasteiger partial charge in [-0.25, -0.2) is 4.79 Å². The number of anilines is 2. The monoisotopic (exact) mass is 359 g/mol. The lowest BCUT2D eigenvalue weighted by atomic mass is 10.3. The van der Waals surface area contributed by atoms with Gasteiger partial charge in [-0.3, -0.25) is 4.98 Å². The maximum absolute atomic E-state index is 11.8. The number of aromatic nitrogens is 1. The van der Waals surface area contributed by atoms with Crippen LogP contribution in [0, 0.1) is 0 Å². The minimum absolute atomic E-state index is 0.404. The Hall–Kier alpha value is -1.30. The third kappa shape index (κ3) is 4.38. The largest absolute Gasteiger partial charge is 0.323 e. The highest BCUT2D eigenvalue weighted by Crippen LogP contribution is 2.22. The molecule has 0 saturated carbocycles. The molecule has 0 bridgehead atoms. The van der Waals surface area contributed by atoms with Gasteiger partial charge in [-0.2, -0.15) is 0 Å². The first kappa shape index (κ1) is 14.1. The fourth-order valence-corrected chi connectivity index (χ4v) is 2.29. The van der Waals surface area contributed by atoms with E-state index in [4.69, 9.17) is 23.2 Å². The van der Waals surface area contributed by atoms with Crippen molar-refractivity contribution < 1.29 is 4.79 Å². The van der Waals surface area contributed by atoms with Crippen LogP contribution in [0.5, 0.6) is 0 Å². The van der Waals surface area contributed by atoms with Crippen molar-refractivity contribution in [3.8, 4) is 0 Å². The van der Waals surface area contributed by atoms with Crippen LogP contribution in [0.3, 0.4) is 0 Å². The van der Waals surface area contributed by atoms with Crippen molar-refractivity contribution in [2.45, 2.75) is 0 Å². The molecule has 1 aromatic heterocycles. The van der Waals surface area contributed by atoms with E-state index in [1.807, 2.05) is 0 Å². The van der Waals surface area contributed by atoms with E-state index in [0.29, 0.717) is 21.4 Å². The molecule has 0 fully saturated rings. The maximum atomic E-state index is 11.8. The maximum Gasteiger partial charge on any atom is 0.323 e. The van der Waals surface area contributed by atoms with Crippen molar-refractivity contribution in [3.05, 3.63) is 51.2 Å². The quantitative estimate of drug-likeness (QED) is 0.808. The Labute approximate surface area is 128 Å². The number of hydrogen-bond donors (Lipinski definition) is 2. The summed E-state index contributed by atoms with van der Waals surface area (Å²) in [5, 5.41) is 6.17. The lowest BCUT2D eigenvalue weighted by molar-refractivity contribution is 0.262. The fraction of sp³-hybridized carbons (Fsp3) is 0. The molecule has 1 heterocycles. The lowest BCUT2D eigenvalue weighted by Crippen LogP contribution is -2.19. The average molecular weight is 361 g/mol. The molecule has 98 valence electrons. The standard InChI is InChI=1S/C12H8BrCl2N3O/c13-7-1-11(6-16-5-7)18-12(19)17-10-3-8(14)2-9(15)4-10/h1-6H,(H2,17,18,19). The first-order valence-electron chi connectivity index (χ1n) is 5.17. The van der Waals surface area contributed by atoms with E-state index >= 15 is 0 Å². The van der Waals surface area contributed by atoms with Gasteiger partial charge in [-0.15, -0.1) is 0 Å². The Morgan fingerprint density at radius 2 is 1.63 bits per heavy atom. The van der Waals surface area contributed by atoms with Gasteiger partial charge in [0.15, 0.2) is 0 Å². The minimum Gasteiger partial charge on any atom is -0.308 e. The van der Waals surface area contributed by atoms with E-state index in [0.717, 1.165) is 4.47 Å². The first-order valence-corrected chi connectivity index (χ1v) is 6.72. The number of rotatable bonds is 2. The van der Waals surface area contributed by atoms with Gasteiger partial charge in [0.25, 0.3) is 0 Å². The summed E-state index contributed by atoms with van der Waals surface area (Å²) in [6.45, 7) is 0. The Morgan fingerprint density at radius 3 is 2.26 bits per heavy atom. The molecule has 0 atom stereocenters. The fourth-order valence-electron chi connectivity index (χ4n) is 1.40. The summed E-state index contributed by atoms with van der Waals surface area (Å²) in [5.41, 5.74) is 1.08. The van der Waals surface area contributed by atoms with Crippen LogP contribution in [-0.4, -0.2) is 11.0 Å². The number of halogens is 3. The van der Waals surface area contributed by atoms with Crippen LogP contribution in [-0.2, 0) is 0 Å². The molecule has 0 saturated heterocycles. The van der Waals surface area contributed by atoms with E-state index < -0.39 is 6.03 Å². The third-order valence-electron chi connectivity index (χ3n) is 2.08. The molecule has 0 spiro atoms. The summed E-state index contributed by atoms with van der Waals surface area (Å²) >= 11 is 15.0. The number of hydrogen-bond acceptors (Lipinski definition) is 2. The molecule has 4 nitrogen and oxygen atoms in total. The van der Waals surface area contributed by atoms with Crippen molar-refractivity contribution in [2.24, 2.45) is 0 Å². The Morgan fingerprint density at radius 1 is 1.00 bits per heavy atom. The first-order chi connectivity index (χ1) is 9.02. The van der Waals surface area contributed by atoms with Crippen LogP contribution in [0.15, 0.2) is 41.1 Å². The number of carbonyl (C=O) groups is 1. The summed E-state index contributed by atoms with van der Waals surface area (Å²) < 4.78 is 0.774. The van der Waals surface area contributed by atoms with Gasteiger partial charge < -0.3 is 10.6 Å². The number of carbonyl (C=O) groups excluding carboxylic acids is 1. The smallest absolute Gasteiger partial charge is 0.308 e. The molecule has 2 aromatic rings. The molecule has 19 heavy (non-hydrogen) atoms. The van der Waals surface area contributed by atoms with Crippen LogP contribution in [0.4, 0.5) is 16.2 Å². The highest BCUT2D eigenvalue weighted by Gasteiger charge is 2.05. The summed E-state index contributed by atoms with van der Waals surface area (Å²) in [6, 6.07) is 6.12. The van der Waals surface area contributed by atoms with Gasteiger partial charge in [0.2, 0.25) is 0 Å². The predicted octanol–water partition coefficient (Wildman–Crippen LogP) is 4.79. The van der Waals surface area contributed by atoms with E-state index in [2.05, 4.69) is 31.5 Å².